The first-order valence-electron chi connectivity index (χ1n) is 17.1. The number of benzene rings is 1. The predicted molar refractivity (Wildman–Crippen MR) is 204 cm³/mol. The second-order valence-electron chi connectivity index (χ2n) is 12.7. The standard InChI is InChI=1S/C36H41BrN8O9S/c1-7-19(4)26(31(47)43-25(18(2)3)30(46)39-13-24-40-22(15-51-24)33-41-21(14-52-33)29(38)55)44-32(48)27-28(20-11-9-8-10-12-20)54-34(45-27)23-16-53-35(42-23)36(17-37,49-5)50-6/h8-12,14-16,18-19,25-26H,7,13,17H2,1-6H3,(H2,38,55)(H,39,46)(H,43,47)(H,44,48)/t19-,25-,26+/m0/s1. The quantitative estimate of drug-likeness (QED) is 0.0531. The first-order valence-corrected chi connectivity index (χ1v) is 18.6. The van der Waals surface area contributed by atoms with Crippen molar-refractivity contribution in [3.63, 3.8) is 0 Å². The van der Waals surface area contributed by atoms with E-state index in [4.69, 9.17) is 45.1 Å². The zero-order chi connectivity index (χ0) is 39.9. The van der Waals surface area contributed by atoms with Crippen molar-refractivity contribution in [2.75, 3.05) is 19.5 Å². The highest BCUT2D eigenvalue weighted by Crippen LogP contribution is 2.33. The summed E-state index contributed by atoms with van der Waals surface area (Å²) in [6, 6.07) is 6.87. The molecule has 0 radical (unpaired) electrons. The van der Waals surface area contributed by atoms with Gasteiger partial charge in [-0.25, -0.2) is 19.9 Å². The van der Waals surface area contributed by atoms with Gasteiger partial charge in [0, 0.05) is 19.8 Å². The van der Waals surface area contributed by atoms with E-state index in [2.05, 4.69) is 51.8 Å². The molecule has 0 aliphatic rings. The molecule has 3 atom stereocenters. The van der Waals surface area contributed by atoms with Crippen LogP contribution in [0.15, 0.2) is 66.8 Å². The van der Waals surface area contributed by atoms with Crippen molar-refractivity contribution in [3.05, 3.63) is 72.3 Å². The number of halogens is 1. The van der Waals surface area contributed by atoms with Crippen molar-refractivity contribution in [2.24, 2.45) is 17.6 Å². The number of alkyl halides is 1. The maximum absolute atomic E-state index is 14.1. The Kier molecular flexibility index (Phi) is 13.3. The molecule has 5 aromatic rings. The second-order valence-corrected chi connectivity index (χ2v) is 13.7. The summed E-state index contributed by atoms with van der Waals surface area (Å²) in [5.41, 5.74) is 6.81. The number of methoxy groups -OCH3 is 2. The lowest BCUT2D eigenvalue weighted by Crippen LogP contribution is -2.57. The number of hydrogen-bond donors (Lipinski definition) is 4. The van der Waals surface area contributed by atoms with Gasteiger partial charge in [0.25, 0.3) is 17.6 Å². The summed E-state index contributed by atoms with van der Waals surface area (Å²) < 4.78 is 33.6. The second kappa shape index (κ2) is 17.9. The number of aromatic nitrogens is 4. The molecule has 5 rings (SSSR count). The van der Waals surface area contributed by atoms with Gasteiger partial charge in [0.2, 0.25) is 29.5 Å². The summed E-state index contributed by atoms with van der Waals surface area (Å²) in [5, 5.41) is 8.61. The maximum atomic E-state index is 14.1. The Balaban J connectivity index is 1.33. The van der Waals surface area contributed by atoms with Gasteiger partial charge in [-0.15, -0.1) is 0 Å². The van der Waals surface area contributed by atoms with Gasteiger partial charge < -0.3 is 48.8 Å². The van der Waals surface area contributed by atoms with Gasteiger partial charge in [-0.1, -0.05) is 92.6 Å². The first kappa shape index (κ1) is 40.9. The molecule has 5 N–H and O–H groups in total. The highest BCUT2D eigenvalue weighted by Gasteiger charge is 2.38. The molecule has 0 saturated carbocycles. The molecule has 17 nitrogen and oxygen atoms in total. The number of thiocarbonyl (C=S) groups is 1. The molecular weight excluding hydrogens is 800 g/mol. The number of nitrogens with zero attached hydrogens (tertiary/aromatic N) is 4. The SMILES string of the molecule is CC[C@H](C)[C@@H](NC(=O)c1nc(-c2coc(C(CBr)(OC)OC)n2)oc1-c1ccccc1)C(=O)N[C@H](C(=O)NCc1nc(-c2nc(C(N)=S)co2)co1)C(C)C. The van der Waals surface area contributed by atoms with E-state index in [0.717, 1.165) is 0 Å². The van der Waals surface area contributed by atoms with Gasteiger partial charge in [0.1, 0.15) is 41.6 Å². The van der Waals surface area contributed by atoms with E-state index in [9.17, 15) is 14.4 Å². The summed E-state index contributed by atoms with van der Waals surface area (Å²) in [5.74, 6) is -3.21. The minimum Gasteiger partial charge on any atom is -0.446 e. The van der Waals surface area contributed by atoms with E-state index in [1.165, 1.54) is 33.0 Å². The fraction of sp³-hybridized carbons (Fsp3) is 0.389. The molecular formula is C36H41BrN8O9S. The third kappa shape index (κ3) is 9.18. The van der Waals surface area contributed by atoms with Gasteiger partial charge in [0.15, 0.2) is 22.8 Å². The van der Waals surface area contributed by atoms with Crippen LogP contribution < -0.4 is 21.7 Å². The first-order chi connectivity index (χ1) is 26.3. The lowest BCUT2D eigenvalue weighted by atomic mass is 9.96. The molecule has 0 unspecified atom stereocenters. The van der Waals surface area contributed by atoms with Crippen LogP contribution in [-0.2, 0) is 31.4 Å². The predicted octanol–water partition coefficient (Wildman–Crippen LogP) is 4.72. The minimum absolute atomic E-state index is 0.0150. The van der Waals surface area contributed by atoms with E-state index in [1.807, 2.05) is 19.9 Å². The summed E-state index contributed by atoms with van der Waals surface area (Å²) in [4.78, 5) is 58.9. The summed E-state index contributed by atoms with van der Waals surface area (Å²) in [7, 11) is 2.89. The number of rotatable bonds is 18. The molecule has 0 aliphatic heterocycles. The molecule has 4 aromatic heterocycles. The van der Waals surface area contributed by atoms with Crippen LogP contribution in [0.2, 0.25) is 0 Å². The van der Waals surface area contributed by atoms with E-state index in [0.29, 0.717) is 17.7 Å². The number of carbonyl (C=O) groups is 3. The Morgan fingerprint density at radius 2 is 1.58 bits per heavy atom. The fourth-order valence-electron chi connectivity index (χ4n) is 5.30. The number of nitrogens with two attached hydrogens (primary N) is 1. The number of ether oxygens (including phenoxy) is 2. The van der Waals surface area contributed by atoms with Gasteiger partial charge in [-0.2, -0.15) is 0 Å². The molecule has 292 valence electrons. The van der Waals surface area contributed by atoms with Crippen molar-refractivity contribution in [1.82, 2.24) is 35.9 Å². The van der Waals surface area contributed by atoms with Gasteiger partial charge in [-0.05, 0) is 11.8 Å². The third-order valence-corrected chi connectivity index (χ3v) is 9.68. The highest BCUT2D eigenvalue weighted by molar-refractivity contribution is 9.09. The van der Waals surface area contributed by atoms with Crippen molar-refractivity contribution < 1.29 is 41.5 Å². The zero-order valence-electron chi connectivity index (χ0n) is 30.9. The fourth-order valence-corrected chi connectivity index (χ4v) is 6.09. The molecule has 3 amide bonds. The number of hydrogen-bond acceptors (Lipinski definition) is 14. The van der Waals surface area contributed by atoms with Crippen LogP contribution in [0.4, 0.5) is 0 Å². The lowest BCUT2D eigenvalue weighted by Gasteiger charge is -2.27. The molecule has 0 aliphatic carbocycles. The van der Waals surface area contributed by atoms with Crippen LogP contribution in [-0.4, -0.2) is 74.3 Å². The van der Waals surface area contributed by atoms with Crippen molar-refractivity contribution >= 4 is 50.9 Å². The normalized spacial score (nSPS) is 13.3. The van der Waals surface area contributed by atoms with Crippen LogP contribution in [0.1, 0.15) is 62.1 Å². The van der Waals surface area contributed by atoms with Crippen LogP contribution in [0.3, 0.4) is 0 Å². The van der Waals surface area contributed by atoms with Gasteiger partial charge in [0.05, 0.1) is 11.9 Å². The van der Waals surface area contributed by atoms with Crippen LogP contribution >= 0.6 is 28.1 Å². The zero-order valence-corrected chi connectivity index (χ0v) is 33.3. The molecule has 55 heavy (non-hydrogen) atoms. The average molecular weight is 842 g/mol. The summed E-state index contributed by atoms with van der Waals surface area (Å²) >= 11 is 8.27. The smallest absolute Gasteiger partial charge is 0.274 e. The van der Waals surface area contributed by atoms with E-state index in [1.54, 1.807) is 38.1 Å². The highest BCUT2D eigenvalue weighted by atomic mass is 79.9. The Labute approximate surface area is 329 Å². The average Bonchev–Trinajstić information content (AvgIpc) is 4.02. The molecule has 0 spiro atoms. The Morgan fingerprint density at radius 3 is 2.20 bits per heavy atom. The molecule has 19 heteroatoms. The molecule has 0 saturated heterocycles. The Morgan fingerprint density at radius 1 is 0.891 bits per heavy atom. The third-order valence-electron chi connectivity index (χ3n) is 8.73. The minimum atomic E-state index is -1.32. The maximum Gasteiger partial charge on any atom is 0.274 e. The Hall–Kier alpha value is -5.24. The van der Waals surface area contributed by atoms with Crippen molar-refractivity contribution in [3.8, 4) is 34.5 Å². The van der Waals surface area contributed by atoms with Crippen LogP contribution in [0.25, 0.3) is 34.5 Å². The largest absolute Gasteiger partial charge is 0.446 e. The molecule has 4 heterocycles. The molecule has 0 bridgehead atoms. The lowest BCUT2D eigenvalue weighted by molar-refractivity contribution is -0.211. The van der Waals surface area contributed by atoms with E-state index in [-0.39, 0.29) is 75.1 Å². The molecule has 0 fully saturated rings. The number of oxazole rings is 4. The van der Waals surface area contributed by atoms with Crippen LogP contribution in [0.5, 0.6) is 0 Å². The van der Waals surface area contributed by atoms with Crippen molar-refractivity contribution in [2.45, 2.75) is 58.5 Å². The molecule has 1 aromatic carbocycles. The monoisotopic (exact) mass is 840 g/mol. The van der Waals surface area contributed by atoms with Crippen LogP contribution in [0, 0.1) is 11.8 Å². The summed E-state index contributed by atoms with van der Waals surface area (Å²) in [6.07, 6.45) is 4.46. The number of nitrogens with one attached hydrogen (secondary N) is 3. The van der Waals surface area contributed by atoms with Crippen molar-refractivity contribution in [1.29, 1.82) is 0 Å². The van der Waals surface area contributed by atoms with Gasteiger partial charge >= 0.3 is 0 Å². The topological polar surface area (TPSA) is 236 Å². The summed E-state index contributed by atoms with van der Waals surface area (Å²) in [6.45, 7) is 7.18. The number of amides is 3. The Bertz CT molecular complexity index is 2100. The van der Waals surface area contributed by atoms with E-state index < -0.39 is 35.6 Å². The van der Waals surface area contributed by atoms with Gasteiger partial charge in [-0.3, -0.25) is 14.4 Å². The number of carbonyl (C=O) groups excluding carboxylic acids is 3. The van der Waals surface area contributed by atoms with E-state index >= 15 is 0 Å².